The van der Waals surface area contributed by atoms with Gasteiger partial charge < -0.3 is 20.1 Å². The lowest BCUT2D eigenvalue weighted by Crippen LogP contribution is -2.57. The van der Waals surface area contributed by atoms with Crippen molar-refractivity contribution in [3.63, 3.8) is 0 Å². The lowest BCUT2D eigenvalue weighted by atomic mass is 10.1. The number of methoxy groups -OCH3 is 1. The molecule has 5 heteroatoms. The van der Waals surface area contributed by atoms with Crippen LogP contribution in [0.4, 0.5) is 0 Å². The summed E-state index contributed by atoms with van der Waals surface area (Å²) in [7, 11) is 1.52. The summed E-state index contributed by atoms with van der Waals surface area (Å²) in [5, 5.41) is 13.2. The zero-order chi connectivity index (χ0) is 14.0. The Balaban J connectivity index is 2.28. The molecule has 1 fully saturated rings. The van der Waals surface area contributed by atoms with Gasteiger partial charge in [-0.25, -0.2) is 0 Å². The molecule has 2 unspecified atom stereocenters. The smallest absolute Gasteiger partial charge is 0.258 e. The third-order valence-electron chi connectivity index (χ3n) is 3.50. The van der Waals surface area contributed by atoms with E-state index in [9.17, 15) is 9.90 Å². The quantitative estimate of drug-likeness (QED) is 0.843. The van der Waals surface area contributed by atoms with Crippen LogP contribution in [0.3, 0.4) is 0 Å². The molecule has 1 heterocycles. The second-order valence-corrected chi connectivity index (χ2v) is 4.95. The summed E-state index contributed by atoms with van der Waals surface area (Å²) >= 11 is 0. The van der Waals surface area contributed by atoms with Crippen LogP contribution in [0, 0.1) is 0 Å². The first-order valence-electron chi connectivity index (χ1n) is 6.45. The zero-order valence-corrected chi connectivity index (χ0v) is 11.5. The average molecular weight is 264 g/mol. The number of phenols is 1. The number of aromatic hydroxyl groups is 1. The predicted octanol–water partition coefficient (Wildman–Crippen LogP) is 1.22. The molecular weight excluding hydrogens is 244 g/mol. The summed E-state index contributed by atoms with van der Waals surface area (Å²) in [5.74, 6) is 0.361. The van der Waals surface area contributed by atoms with E-state index in [4.69, 9.17) is 4.74 Å². The average Bonchev–Trinajstić information content (AvgIpc) is 2.38. The number of benzene rings is 1. The van der Waals surface area contributed by atoms with Gasteiger partial charge in [-0.3, -0.25) is 4.79 Å². The molecule has 1 saturated heterocycles. The number of ether oxygens (including phenoxy) is 1. The molecule has 2 rings (SSSR count). The molecule has 1 aromatic rings. The first-order chi connectivity index (χ1) is 9.04. The maximum absolute atomic E-state index is 12.5. The molecular formula is C14H20N2O3. The highest BCUT2D eigenvalue weighted by Crippen LogP contribution is 2.26. The number of nitrogens with one attached hydrogen (secondary N) is 1. The summed E-state index contributed by atoms with van der Waals surface area (Å²) in [6.45, 7) is 5.54. The van der Waals surface area contributed by atoms with Crippen LogP contribution in [-0.4, -0.2) is 48.2 Å². The number of piperazine rings is 1. The molecule has 2 N–H and O–H groups in total. The maximum atomic E-state index is 12.5. The number of phenolic OH excluding ortho intramolecular Hbond substituents is 1. The molecule has 1 aliphatic heterocycles. The van der Waals surface area contributed by atoms with Crippen LogP contribution in [0.15, 0.2) is 18.2 Å². The number of nitrogens with zero attached hydrogens (tertiary/aromatic N) is 1. The van der Waals surface area contributed by atoms with E-state index in [2.05, 4.69) is 5.32 Å². The number of amides is 1. The molecule has 0 aromatic heterocycles. The van der Waals surface area contributed by atoms with Crippen LogP contribution in [-0.2, 0) is 0 Å². The molecule has 0 bridgehead atoms. The van der Waals surface area contributed by atoms with Crippen molar-refractivity contribution in [1.29, 1.82) is 0 Å². The van der Waals surface area contributed by atoms with Crippen LogP contribution in [0.2, 0.25) is 0 Å². The van der Waals surface area contributed by atoms with Gasteiger partial charge in [0.25, 0.3) is 5.91 Å². The maximum Gasteiger partial charge on any atom is 0.258 e. The lowest BCUT2D eigenvalue weighted by molar-refractivity contribution is 0.0541. The van der Waals surface area contributed by atoms with E-state index in [-0.39, 0.29) is 23.7 Å². The number of rotatable bonds is 2. The van der Waals surface area contributed by atoms with E-state index < -0.39 is 0 Å². The Bertz CT molecular complexity index is 466. The molecule has 2 atom stereocenters. The summed E-state index contributed by atoms with van der Waals surface area (Å²) in [6, 6.07) is 4.98. The first-order valence-corrected chi connectivity index (χ1v) is 6.45. The van der Waals surface area contributed by atoms with Crippen LogP contribution in [0.1, 0.15) is 24.2 Å². The van der Waals surface area contributed by atoms with Gasteiger partial charge in [-0.15, -0.1) is 0 Å². The van der Waals surface area contributed by atoms with Gasteiger partial charge in [-0.2, -0.15) is 0 Å². The first kappa shape index (κ1) is 13.7. The largest absolute Gasteiger partial charge is 0.507 e. The van der Waals surface area contributed by atoms with E-state index in [0.717, 1.165) is 13.1 Å². The number of hydrogen-bond acceptors (Lipinski definition) is 4. The highest BCUT2D eigenvalue weighted by Gasteiger charge is 2.30. The second kappa shape index (κ2) is 5.48. The SMILES string of the molecule is COc1ccc(C(=O)N2C(C)CNCC2C)c(O)c1. The number of carbonyl (C=O) groups excluding carboxylic acids is 1. The fourth-order valence-electron chi connectivity index (χ4n) is 2.49. The number of carbonyl (C=O) groups is 1. The van der Waals surface area contributed by atoms with E-state index in [0.29, 0.717) is 11.3 Å². The molecule has 1 aromatic carbocycles. The van der Waals surface area contributed by atoms with E-state index in [1.807, 2.05) is 18.7 Å². The molecule has 1 amide bonds. The molecule has 0 radical (unpaired) electrons. The van der Waals surface area contributed by atoms with Crippen molar-refractivity contribution in [2.45, 2.75) is 25.9 Å². The van der Waals surface area contributed by atoms with E-state index >= 15 is 0 Å². The minimum Gasteiger partial charge on any atom is -0.507 e. The third kappa shape index (κ3) is 2.66. The molecule has 0 saturated carbocycles. The predicted molar refractivity (Wildman–Crippen MR) is 72.6 cm³/mol. The fourth-order valence-corrected chi connectivity index (χ4v) is 2.49. The monoisotopic (exact) mass is 264 g/mol. The fraction of sp³-hybridized carbons (Fsp3) is 0.500. The molecule has 19 heavy (non-hydrogen) atoms. The Morgan fingerprint density at radius 1 is 1.37 bits per heavy atom. The Kier molecular flexibility index (Phi) is 3.95. The molecule has 1 aliphatic rings. The minimum atomic E-state index is -0.137. The van der Waals surface area contributed by atoms with Gasteiger partial charge >= 0.3 is 0 Å². The van der Waals surface area contributed by atoms with Gasteiger partial charge in [-0.05, 0) is 26.0 Å². The second-order valence-electron chi connectivity index (χ2n) is 4.95. The Morgan fingerprint density at radius 2 is 2.00 bits per heavy atom. The van der Waals surface area contributed by atoms with Crippen molar-refractivity contribution >= 4 is 5.91 Å². The van der Waals surface area contributed by atoms with Crippen molar-refractivity contribution in [1.82, 2.24) is 10.2 Å². The van der Waals surface area contributed by atoms with Crippen molar-refractivity contribution in [2.24, 2.45) is 0 Å². The minimum absolute atomic E-state index is 0.0396. The van der Waals surface area contributed by atoms with Crippen molar-refractivity contribution in [3.8, 4) is 11.5 Å². The molecule has 104 valence electrons. The van der Waals surface area contributed by atoms with Crippen molar-refractivity contribution < 1.29 is 14.6 Å². The van der Waals surface area contributed by atoms with Gasteiger partial charge in [0.05, 0.1) is 12.7 Å². The third-order valence-corrected chi connectivity index (χ3v) is 3.50. The number of hydrogen-bond donors (Lipinski definition) is 2. The van der Waals surface area contributed by atoms with Crippen LogP contribution < -0.4 is 10.1 Å². The molecule has 0 aliphatic carbocycles. The topological polar surface area (TPSA) is 61.8 Å². The standard InChI is InChI=1S/C14H20N2O3/c1-9-7-15-8-10(2)16(9)14(18)12-5-4-11(19-3)6-13(12)17/h4-6,9-10,15,17H,7-8H2,1-3H3. The van der Waals surface area contributed by atoms with Crippen molar-refractivity contribution in [2.75, 3.05) is 20.2 Å². The van der Waals surface area contributed by atoms with Gasteiger partial charge in [-0.1, -0.05) is 0 Å². The van der Waals surface area contributed by atoms with E-state index in [1.165, 1.54) is 13.2 Å². The van der Waals surface area contributed by atoms with E-state index in [1.54, 1.807) is 12.1 Å². The zero-order valence-electron chi connectivity index (χ0n) is 11.5. The van der Waals surface area contributed by atoms with Gasteiger partial charge in [0.15, 0.2) is 0 Å². The highest BCUT2D eigenvalue weighted by molar-refractivity contribution is 5.97. The molecule has 5 nitrogen and oxygen atoms in total. The summed E-state index contributed by atoms with van der Waals surface area (Å²) in [5.41, 5.74) is 0.321. The summed E-state index contributed by atoms with van der Waals surface area (Å²) < 4.78 is 5.02. The highest BCUT2D eigenvalue weighted by atomic mass is 16.5. The van der Waals surface area contributed by atoms with Crippen LogP contribution in [0.25, 0.3) is 0 Å². The summed E-state index contributed by atoms with van der Waals surface area (Å²) in [6.07, 6.45) is 0. The summed E-state index contributed by atoms with van der Waals surface area (Å²) in [4.78, 5) is 14.4. The Morgan fingerprint density at radius 3 is 2.53 bits per heavy atom. The normalized spacial score (nSPS) is 23.2. The van der Waals surface area contributed by atoms with Crippen LogP contribution >= 0.6 is 0 Å². The Hall–Kier alpha value is -1.75. The van der Waals surface area contributed by atoms with Gasteiger partial charge in [0, 0.05) is 31.2 Å². The lowest BCUT2D eigenvalue weighted by Gasteiger charge is -2.39. The van der Waals surface area contributed by atoms with Crippen molar-refractivity contribution in [3.05, 3.63) is 23.8 Å². The van der Waals surface area contributed by atoms with Crippen LogP contribution in [0.5, 0.6) is 11.5 Å². The van der Waals surface area contributed by atoms with Gasteiger partial charge in [0.1, 0.15) is 11.5 Å². The Labute approximate surface area is 113 Å². The molecule has 0 spiro atoms. The van der Waals surface area contributed by atoms with Gasteiger partial charge in [0.2, 0.25) is 0 Å².